The number of hydrogen-bond donors (Lipinski definition) is 1. The molecule has 1 unspecified atom stereocenters. The molecule has 0 aromatic rings. The Morgan fingerprint density at radius 2 is 1.94 bits per heavy atom. The quantitative estimate of drug-likeness (QED) is 0.526. The standard InChI is InChI=1S/C11H24N2O3S/c1-9(2)11(4)13-16-8-10(3)12-6-7-17(5,14)15/h9-10,12H,6-8H2,1-5H3/b13-11+. The molecule has 0 aromatic heterocycles. The molecule has 0 saturated carbocycles. The molecule has 0 spiro atoms. The van der Waals surface area contributed by atoms with E-state index < -0.39 is 9.84 Å². The zero-order chi connectivity index (χ0) is 13.5. The van der Waals surface area contributed by atoms with Crippen LogP contribution in [0.2, 0.25) is 0 Å². The predicted molar refractivity (Wildman–Crippen MR) is 71.1 cm³/mol. The maximum Gasteiger partial charge on any atom is 0.148 e. The second-order valence-electron chi connectivity index (χ2n) is 4.67. The van der Waals surface area contributed by atoms with Gasteiger partial charge in [-0.2, -0.15) is 0 Å². The first kappa shape index (κ1) is 16.4. The van der Waals surface area contributed by atoms with Crippen molar-refractivity contribution in [3.05, 3.63) is 0 Å². The highest BCUT2D eigenvalue weighted by Gasteiger charge is 2.05. The monoisotopic (exact) mass is 264 g/mol. The summed E-state index contributed by atoms with van der Waals surface area (Å²) in [6.45, 7) is 8.84. The van der Waals surface area contributed by atoms with Crippen LogP contribution in [-0.2, 0) is 14.7 Å². The third-order valence-electron chi connectivity index (χ3n) is 2.33. The van der Waals surface area contributed by atoms with E-state index in [1.165, 1.54) is 6.26 Å². The van der Waals surface area contributed by atoms with Crippen molar-refractivity contribution in [3.63, 3.8) is 0 Å². The van der Waals surface area contributed by atoms with E-state index in [9.17, 15) is 8.42 Å². The van der Waals surface area contributed by atoms with Crippen LogP contribution in [0.25, 0.3) is 0 Å². The Labute approximate surface area is 105 Å². The zero-order valence-electron chi connectivity index (χ0n) is 11.4. The Bertz CT molecular complexity index is 337. The molecule has 0 fully saturated rings. The minimum Gasteiger partial charge on any atom is -0.394 e. The molecule has 0 radical (unpaired) electrons. The molecule has 1 N–H and O–H groups in total. The molecule has 0 heterocycles. The van der Waals surface area contributed by atoms with E-state index in [2.05, 4.69) is 24.3 Å². The van der Waals surface area contributed by atoms with Crippen molar-refractivity contribution >= 4 is 15.5 Å². The van der Waals surface area contributed by atoms with Gasteiger partial charge in [-0.15, -0.1) is 0 Å². The van der Waals surface area contributed by atoms with E-state index >= 15 is 0 Å². The van der Waals surface area contributed by atoms with Gasteiger partial charge in [-0.25, -0.2) is 8.42 Å². The Balaban J connectivity index is 3.74. The van der Waals surface area contributed by atoms with Crippen LogP contribution in [0.1, 0.15) is 27.7 Å². The summed E-state index contributed by atoms with van der Waals surface area (Å²) in [6, 6.07) is 0.0838. The lowest BCUT2D eigenvalue weighted by Crippen LogP contribution is -2.33. The molecule has 5 nitrogen and oxygen atoms in total. The molecular formula is C11H24N2O3S. The van der Waals surface area contributed by atoms with Crippen molar-refractivity contribution in [2.24, 2.45) is 11.1 Å². The van der Waals surface area contributed by atoms with Crippen molar-refractivity contribution in [2.45, 2.75) is 33.7 Å². The summed E-state index contributed by atoms with van der Waals surface area (Å²) in [4.78, 5) is 5.18. The first-order chi connectivity index (χ1) is 7.72. The predicted octanol–water partition coefficient (Wildman–Crippen LogP) is 1.06. The molecule has 102 valence electrons. The minimum absolute atomic E-state index is 0.0838. The van der Waals surface area contributed by atoms with E-state index in [0.717, 1.165) is 5.71 Å². The van der Waals surface area contributed by atoms with Gasteiger partial charge in [0, 0.05) is 18.8 Å². The summed E-state index contributed by atoms with van der Waals surface area (Å²) >= 11 is 0. The normalized spacial score (nSPS) is 15.1. The van der Waals surface area contributed by atoms with Gasteiger partial charge >= 0.3 is 0 Å². The van der Waals surface area contributed by atoms with Gasteiger partial charge in [0.15, 0.2) is 0 Å². The fourth-order valence-electron chi connectivity index (χ4n) is 0.906. The van der Waals surface area contributed by atoms with Gasteiger partial charge in [-0.1, -0.05) is 19.0 Å². The van der Waals surface area contributed by atoms with E-state index in [4.69, 9.17) is 4.84 Å². The number of hydrogen-bond acceptors (Lipinski definition) is 5. The van der Waals surface area contributed by atoms with E-state index in [1.807, 2.05) is 13.8 Å². The molecular weight excluding hydrogens is 240 g/mol. The molecule has 6 heteroatoms. The Morgan fingerprint density at radius 3 is 2.41 bits per heavy atom. The molecule has 0 aliphatic rings. The summed E-state index contributed by atoms with van der Waals surface area (Å²) in [5, 5.41) is 7.05. The fourth-order valence-corrected chi connectivity index (χ4v) is 1.39. The smallest absolute Gasteiger partial charge is 0.148 e. The fraction of sp³-hybridized carbons (Fsp3) is 0.909. The number of oxime groups is 1. The molecule has 0 aliphatic carbocycles. The Morgan fingerprint density at radius 1 is 1.35 bits per heavy atom. The third-order valence-corrected chi connectivity index (χ3v) is 3.28. The topological polar surface area (TPSA) is 67.8 Å². The molecule has 0 aromatic carbocycles. The number of nitrogens with one attached hydrogen (secondary N) is 1. The van der Waals surface area contributed by atoms with Crippen molar-refractivity contribution < 1.29 is 13.3 Å². The van der Waals surface area contributed by atoms with Crippen LogP contribution in [0.4, 0.5) is 0 Å². The van der Waals surface area contributed by atoms with Gasteiger partial charge in [0.2, 0.25) is 0 Å². The van der Waals surface area contributed by atoms with Gasteiger partial charge in [0.05, 0.1) is 11.5 Å². The van der Waals surface area contributed by atoms with Gasteiger partial charge in [0.25, 0.3) is 0 Å². The average Bonchev–Trinajstić information content (AvgIpc) is 2.15. The molecule has 17 heavy (non-hydrogen) atoms. The Hall–Kier alpha value is -0.620. The van der Waals surface area contributed by atoms with Crippen LogP contribution in [0.3, 0.4) is 0 Å². The SMILES string of the molecule is C/C(=N\OCC(C)NCCS(C)(=O)=O)C(C)C. The number of sulfone groups is 1. The van der Waals surface area contributed by atoms with E-state index in [1.54, 1.807) is 0 Å². The maximum absolute atomic E-state index is 10.9. The number of rotatable bonds is 8. The zero-order valence-corrected chi connectivity index (χ0v) is 12.2. The average molecular weight is 264 g/mol. The highest BCUT2D eigenvalue weighted by Crippen LogP contribution is 1.97. The second-order valence-corrected chi connectivity index (χ2v) is 6.93. The molecule has 1 atom stereocenters. The summed E-state index contributed by atoms with van der Waals surface area (Å²) < 4.78 is 21.8. The van der Waals surface area contributed by atoms with Gasteiger partial charge < -0.3 is 10.2 Å². The minimum atomic E-state index is -2.90. The highest BCUT2D eigenvalue weighted by molar-refractivity contribution is 7.90. The van der Waals surface area contributed by atoms with Crippen LogP contribution in [0.15, 0.2) is 5.16 Å². The lowest BCUT2D eigenvalue weighted by Gasteiger charge is -2.12. The summed E-state index contributed by atoms with van der Waals surface area (Å²) in [5.74, 6) is 0.523. The maximum atomic E-state index is 10.9. The first-order valence-corrected chi connectivity index (χ1v) is 7.86. The lowest BCUT2D eigenvalue weighted by molar-refractivity contribution is 0.123. The highest BCUT2D eigenvalue weighted by atomic mass is 32.2. The van der Waals surface area contributed by atoms with Crippen LogP contribution in [-0.4, -0.2) is 45.3 Å². The van der Waals surface area contributed by atoms with Crippen LogP contribution in [0, 0.1) is 5.92 Å². The summed E-state index contributed by atoms with van der Waals surface area (Å²) in [7, 11) is -2.90. The van der Waals surface area contributed by atoms with Crippen molar-refractivity contribution in [2.75, 3.05) is 25.2 Å². The first-order valence-electron chi connectivity index (χ1n) is 5.80. The van der Waals surface area contributed by atoms with Crippen LogP contribution in [0.5, 0.6) is 0 Å². The van der Waals surface area contributed by atoms with Gasteiger partial charge in [0.1, 0.15) is 16.4 Å². The molecule has 0 bridgehead atoms. The summed E-state index contributed by atoms with van der Waals surface area (Å²) in [5.41, 5.74) is 0.952. The lowest BCUT2D eigenvalue weighted by atomic mass is 10.1. The second kappa shape index (κ2) is 7.66. The number of nitrogens with zero attached hydrogens (tertiary/aromatic N) is 1. The van der Waals surface area contributed by atoms with Crippen LogP contribution < -0.4 is 5.32 Å². The molecule has 0 aliphatic heterocycles. The van der Waals surface area contributed by atoms with Crippen molar-refractivity contribution in [1.29, 1.82) is 0 Å². The molecule has 0 amide bonds. The summed E-state index contributed by atoms with van der Waals surface area (Å²) in [6.07, 6.45) is 1.23. The largest absolute Gasteiger partial charge is 0.394 e. The van der Waals surface area contributed by atoms with Gasteiger partial charge in [-0.05, 0) is 19.8 Å². The van der Waals surface area contributed by atoms with E-state index in [-0.39, 0.29) is 11.8 Å². The van der Waals surface area contributed by atoms with Crippen molar-refractivity contribution in [1.82, 2.24) is 5.32 Å². The third kappa shape index (κ3) is 10.3. The molecule has 0 saturated heterocycles. The van der Waals surface area contributed by atoms with E-state index in [0.29, 0.717) is 19.1 Å². The van der Waals surface area contributed by atoms with Crippen LogP contribution >= 0.6 is 0 Å². The van der Waals surface area contributed by atoms with Gasteiger partial charge in [-0.3, -0.25) is 0 Å². The Kier molecular flexibility index (Phi) is 7.38. The molecule has 0 rings (SSSR count). The van der Waals surface area contributed by atoms with Crippen molar-refractivity contribution in [3.8, 4) is 0 Å².